The van der Waals surface area contributed by atoms with Crippen LogP contribution in [0.2, 0.25) is 0 Å². The van der Waals surface area contributed by atoms with Crippen LogP contribution in [0.1, 0.15) is 5.69 Å². The van der Waals surface area contributed by atoms with Gasteiger partial charge in [-0.1, -0.05) is 17.3 Å². The van der Waals surface area contributed by atoms with E-state index in [1.165, 1.54) is 0 Å². The molecule has 1 saturated heterocycles. The number of aromatic nitrogens is 1. The number of methoxy groups -OCH3 is 1. The molecular weight excluding hydrogens is 322 g/mol. The monoisotopic (exact) mass is 345 g/mol. The average molecular weight is 345 g/mol. The summed E-state index contributed by atoms with van der Waals surface area (Å²) in [5, 5.41) is 6.91. The molecule has 1 aromatic carbocycles. The van der Waals surface area contributed by atoms with Gasteiger partial charge in [-0.05, 0) is 12.1 Å². The van der Waals surface area contributed by atoms with Crippen LogP contribution in [0.3, 0.4) is 0 Å². The van der Waals surface area contributed by atoms with Gasteiger partial charge in [-0.2, -0.15) is 0 Å². The van der Waals surface area contributed by atoms with Crippen molar-refractivity contribution in [2.45, 2.75) is 6.42 Å². The molecule has 0 aliphatic carbocycles. The van der Waals surface area contributed by atoms with Gasteiger partial charge in [-0.15, -0.1) is 0 Å². The molecule has 25 heavy (non-hydrogen) atoms. The number of morpholine rings is 1. The summed E-state index contributed by atoms with van der Waals surface area (Å²) in [4.78, 5) is 14.3. The number of rotatable bonds is 7. The summed E-state index contributed by atoms with van der Waals surface area (Å²) in [7, 11) is 1.62. The number of ether oxygens (including phenoxy) is 2. The fourth-order valence-corrected chi connectivity index (χ4v) is 2.71. The number of carbonyl (C=O) groups excluding carboxylic acids is 1. The average Bonchev–Trinajstić information content (AvgIpc) is 3.11. The molecule has 2 aromatic rings. The van der Waals surface area contributed by atoms with Crippen molar-refractivity contribution < 1.29 is 18.8 Å². The summed E-state index contributed by atoms with van der Waals surface area (Å²) < 4.78 is 15.9. The van der Waals surface area contributed by atoms with Crippen molar-refractivity contribution in [3.63, 3.8) is 0 Å². The molecule has 0 bridgehead atoms. The largest absolute Gasteiger partial charge is 0.497 e. The van der Waals surface area contributed by atoms with E-state index < -0.39 is 0 Å². The maximum Gasteiger partial charge on any atom is 0.226 e. The lowest BCUT2D eigenvalue weighted by atomic mass is 10.1. The first-order valence-corrected chi connectivity index (χ1v) is 8.41. The Hall–Kier alpha value is -2.38. The van der Waals surface area contributed by atoms with Crippen LogP contribution in [0.5, 0.6) is 5.75 Å². The molecule has 1 aliphatic heterocycles. The van der Waals surface area contributed by atoms with Gasteiger partial charge in [0.15, 0.2) is 5.76 Å². The molecule has 2 heterocycles. The standard InChI is InChI=1S/C18H23N3O4/c1-23-16-4-2-3-14(11-16)17-12-15(20-25-17)13-18(22)19-5-6-21-7-9-24-10-8-21/h2-4,11-12H,5-10,13H2,1H3,(H,19,22). The van der Waals surface area contributed by atoms with E-state index in [4.69, 9.17) is 14.0 Å². The second kappa shape index (κ2) is 8.64. The van der Waals surface area contributed by atoms with Crippen molar-refractivity contribution in [2.24, 2.45) is 0 Å². The van der Waals surface area contributed by atoms with Crippen LogP contribution in [-0.4, -0.2) is 62.5 Å². The van der Waals surface area contributed by atoms with Crippen LogP contribution in [0.25, 0.3) is 11.3 Å². The highest BCUT2D eigenvalue weighted by atomic mass is 16.5. The normalized spacial score (nSPS) is 15.1. The molecule has 0 saturated carbocycles. The number of benzene rings is 1. The van der Waals surface area contributed by atoms with Gasteiger partial charge < -0.3 is 19.3 Å². The van der Waals surface area contributed by atoms with Gasteiger partial charge in [-0.3, -0.25) is 9.69 Å². The maximum absolute atomic E-state index is 12.0. The molecule has 0 atom stereocenters. The zero-order valence-corrected chi connectivity index (χ0v) is 14.4. The zero-order valence-electron chi connectivity index (χ0n) is 14.4. The first-order valence-electron chi connectivity index (χ1n) is 8.41. The van der Waals surface area contributed by atoms with Crippen LogP contribution in [-0.2, 0) is 16.0 Å². The Morgan fingerprint density at radius 2 is 2.16 bits per heavy atom. The fraction of sp³-hybridized carbons (Fsp3) is 0.444. The third-order valence-electron chi connectivity index (χ3n) is 4.11. The van der Waals surface area contributed by atoms with Gasteiger partial charge >= 0.3 is 0 Å². The first-order chi connectivity index (χ1) is 12.2. The topological polar surface area (TPSA) is 76.8 Å². The summed E-state index contributed by atoms with van der Waals surface area (Å²) in [6.07, 6.45) is 0.205. The molecule has 7 nitrogen and oxygen atoms in total. The molecule has 1 aliphatic rings. The van der Waals surface area contributed by atoms with Crippen LogP contribution in [0.15, 0.2) is 34.9 Å². The Balaban J connectivity index is 1.48. The predicted molar refractivity (Wildman–Crippen MR) is 92.5 cm³/mol. The molecule has 7 heteroatoms. The van der Waals surface area contributed by atoms with Crippen LogP contribution >= 0.6 is 0 Å². The second-order valence-corrected chi connectivity index (χ2v) is 5.90. The quantitative estimate of drug-likeness (QED) is 0.816. The Bertz CT molecular complexity index is 695. The highest BCUT2D eigenvalue weighted by Crippen LogP contribution is 2.24. The Kier molecular flexibility index (Phi) is 6.03. The van der Waals surface area contributed by atoms with E-state index in [2.05, 4.69) is 15.4 Å². The van der Waals surface area contributed by atoms with Crippen molar-refractivity contribution in [1.29, 1.82) is 0 Å². The Morgan fingerprint density at radius 1 is 1.32 bits per heavy atom. The van der Waals surface area contributed by atoms with Crippen molar-refractivity contribution in [2.75, 3.05) is 46.5 Å². The summed E-state index contributed by atoms with van der Waals surface area (Å²) in [5.41, 5.74) is 1.48. The molecule has 0 unspecified atom stereocenters. The minimum atomic E-state index is -0.0567. The van der Waals surface area contributed by atoms with Gasteiger partial charge in [0.05, 0.1) is 32.4 Å². The number of amides is 1. The van der Waals surface area contributed by atoms with Gasteiger partial charge in [0, 0.05) is 37.8 Å². The third kappa shape index (κ3) is 5.04. The molecule has 1 amide bonds. The minimum absolute atomic E-state index is 0.0567. The van der Waals surface area contributed by atoms with E-state index in [0.717, 1.165) is 44.2 Å². The first kappa shape index (κ1) is 17.4. The van der Waals surface area contributed by atoms with Crippen molar-refractivity contribution in [1.82, 2.24) is 15.4 Å². The van der Waals surface area contributed by atoms with E-state index in [0.29, 0.717) is 18.0 Å². The molecule has 3 rings (SSSR count). The van der Waals surface area contributed by atoms with Crippen LogP contribution < -0.4 is 10.1 Å². The van der Waals surface area contributed by atoms with E-state index >= 15 is 0 Å². The molecule has 134 valence electrons. The maximum atomic E-state index is 12.0. The van der Waals surface area contributed by atoms with E-state index in [9.17, 15) is 4.79 Å². The lowest BCUT2D eigenvalue weighted by Gasteiger charge is -2.26. The van der Waals surface area contributed by atoms with E-state index in [1.54, 1.807) is 13.2 Å². The fourth-order valence-electron chi connectivity index (χ4n) is 2.71. The SMILES string of the molecule is COc1cccc(-c2cc(CC(=O)NCCN3CCOCC3)no2)c1. The smallest absolute Gasteiger partial charge is 0.226 e. The summed E-state index contributed by atoms with van der Waals surface area (Å²) in [5.74, 6) is 1.31. The minimum Gasteiger partial charge on any atom is -0.497 e. The van der Waals surface area contributed by atoms with Crippen molar-refractivity contribution in [3.05, 3.63) is 36.0 Å². The van der Waals surface area contributed by atoms with Gasteiger partial charge in [-0.25, -0.2) is 0 Å². The van der Waals surface area contributed by atoms with Gasteiger partial charge in [0.2, 0.25) is 5.91 Å². The second-order valence-electron chi connectivity index (χ2n) is 5.90. The molecule has 1 N–H and O–H groups in total. The zero-order chi connectivity index (χ0) is 17.5. The Morgan fingerprint density at radius 3 is 2.96 bits per heavy atom. The molecule has 0 radical (unpaired) electrons. The lowest BCUT2D eigenvalue weighted by Crippen LogP contribution is -2.41. The number of nitrogens with zero attached hydrogens (tertiary/aromatic N) is 2. The van der Waals surface area contributed by atoms with Crippen molar-refractivity contribution in [3.8, 4) is 17.1 Å². The summed E-state index contributed by atoms with van der Waals surface area (Å²) in [6, 6.07) is 9.32. The lowest BCUT2D eigenvalue weighted by molar-refractivity contribution is -0.120. The van der Waals surface area contributed by atoms with E-state index in [-0.39, 0.29) is 12.3 Å². The van der Waals surface area contributed by atoms with Crippen LogP contribution in [0.4, 0.5) is 0 Å². The number of carbonyl (C=O) groups is 1. The number of hydrogen-bond acceptors (Lipinski definition) is 6. The summed E-state index contributed by atoms with van der Waals surface area (Å²) in [6.45, 7) is 4.83. The molecular formula is C18H23N3O4. The van der Waals surface area contributed by atoms with Crippen LogP contribution in [0, 0.1) is 0 Å². The number of hydrogen-bond donors (Lipinski definition) is 1. The van der Waals surface area contributed by atoms with Gasteiger partial charge in [0.1, 0.15) is 5.75 Å². The molecule has 1 fully saturated rings. The molecule has 1 aromatic heterocycles. The number of nitrogens with one attached hydrogen (secondary N) is 1. The van der Waals surface area contributed by atoms with Crippen molar-refractivity contribution >= 4 is 5.91 Å². The third-order valence-corrected chi connectivity index (χ3v) is 4.11. The predicted octanol–water partition coefficient (Wildman–Crippen LogP) is 1.34. The highest BCUT2D eigenvalue weighted by molar-refractivity contribution is 5.78. The highest BCUT2D eigenvalue weighted by Gasteiger charge is 2.13. The molecule has 0 spiro atoms. The van der Waals surface area contributed by atoms with Gasteiger partial charge in [0.25, 0.3) is 0 Å². The van der Waals surface area contributed by atoms with E-state index in [1.807, 2.05) is 24.3 Å². The Labute approximate surface area is 146 Å². The summed E-state index contributed by atoms with van der Waals surface area (Å²) >= 11 is 0.